The third-order valence-electron chi connectivity index (χ3n) is 5.29. The summed E-state index contributed by atoms with van der Waals surface area (Å²) in [5, 5.41) is 44.5. The Hall–Kier alpha value is -1.96. The number of ketones is 1. The van der Waals surface area contributed by atoms with Crippen molar-refractivity contribution in [3.63, 3.8) is 0 Å². The fourth-order valence-electron chi connectivity index (χ4n) is 3.63. The zero-order valence-electron chi connectivity index (χ0n) is 17.0. The maximum absolute atomic E-state index is 13.4. The molecule has 0 heterocycles. The Labute approximate surface area is 165 Å². The summed E-state index contributed by atoms with van der Waals surface area (Å²) in [4.78, 5) is 47.5. The third-order valence-corrected chi connectivity index (χ3v) is 5.29. The highest BCUT2D eigenvalue weighted by molar-refractivity contribution is 6.06. The van der Waals surface area contributed by atoms with Gasteiger partial charge in [0.25, 0.3) is 0 Å². The van der Waals surface area contributed by atoms with E-state index in [1.54, 1.807) is 0 Å². The predicted molar refractivity (Wildman–Crippen MR) is 94.1 cm³/mol. The standard InChI is InChI=1S/C20H34O8/c1-4-7-10-19(11-8-5-2,12-9-6-3)16(23)15(17(24)25)20(28,18(26)27)13-14(21)22/h15,28H,4-13H2,1-3H3,(H,21,22)(H,24,25)(H,26,27)/p-3. The molecule has 0 bridgehead atoms. The molecular formula is C20H31O8-3. The first-order valence-electron chi connectivity index (χ1n) is 9.91. The molecule has 0 aliphatic heterocycles. The average molecular weight is 399 g/mol. The lowest BCUT2D eigenvalue weighted by Gasteiger charge is -2.43. The van der Waals surface area contributed by atoms with Crippen molar-refractivity contribution in [2.24, 2.45) is 11.3 Å². The van der Waals surface area contributed by atoms with Crippen molar-refractivity contribution in [3.05, 3.63) is 0 Å². The molecule has 162 valence electrons. The minimum Gasteiger partial charge on any atom is -0.550 e. The molecule has 8 heteroatoms. The van der Waals surface area contributed by atoms with E-state index in [2.05, 4.69) is 0 Å². The Morgan fingerprint density at radius 3 is 1.46 bits per heavy atom. The van der Waals surface area contributed by atoms with E-state index in [9.17, 15) is 39.6 Å². The fraction of sp³-hybridized carbons (Fsp3) is 0.800. The van der Waals surface area contributed by atoms with Crippen molar-refractivity contribution in [2.75, 3.05) is 0 Å². The Morgan fingerprint density at radius 2 is 1.21 bits per heavy atom. The summed E-state index contributed by atoms with van der Waals surface area (Å²) in [5.41, 5.74) is -4.62. The maximum Gasteiger partial charge on any atom is 0.151 e. The molecule has 0 aromatic carbocycles. The van der Waals surface area contributed by atoms with Crippen LogP contribution in [0.2, 0.25) is 0 Å². The number of carboxylic acids is 3. The van der Waals surface area contributed by atoms with E-state index in [-0.39, 0.29) is 0 Å². The Bertz CT molecular complexity index is 535. The van der Waals surface area contributed by atoms with E-state index in [1.807, 2.05) is 20.8 Å². The highest BCUT2D eigenvalue weighted by atomic mass is 16.4. The minimum absolute atomic E-state index is 0.320. The number of carboxylic acid groups (broad SMARTS) is 3. The first-order valence-corrected chi connectivity index (χ1v) is 9.91. The van der Waals surface area contributed by atoms with Gasteiger partial charge in [0, 0.05) is 17.8 Å². The molecule has 0 radical (unpaired) electrons. The van der Waals surface area contributed by atoms with Crippen LogP contribution in [0.15, 0.2) is 0 Å². The predicted octanol–water partition coefficient (Wildman–Crippen LogP) is -0.900. The van der Waals surface area contributed by atoms with Gasteiger partial charge in [0.1, 0.15) is 5.60 Å². The lowest BCUT2D eigenvalue weighted by Crippen LogP contribution is -2.64. The number of hydrogen-bond acceptors (Lipinski definition) is 8. The summed E-state index contributed by atoms with van der Waals surface area (Å²) in [6.45, 7) is 5.70. The van der Waals surface area contributed by atoms with Crippen molar-refractivity contribution in [2.45, 2.75) is 90.6 Å². The Balaban J connectivity index is 6.35. The molecule has 0 aromatic rings. The van der Waals surface area contributed by atoms with Gasteiger partial charge in [0.15, 0.2) is 5.78 Å². The summed E-state index contributed by atoms with van der Waals surface area (Å²) in [5.74, 6) is -10.1. The normalized spacial score (nSPS) is 14.9. The maximum atomic E-state index is 13.4. The molecule has 0 fully saturated rings. The van der Waals surface area contributed by atoms with Crippen molar-refractivity contribution < 1.29 is 39.6 Å². The van der Waals surface area contributed by atoms with Crippen LogP contribution in [0.4, 0.5) is 0 Å². The molecule has 0 amide bonds. The second-order valence-corrected chi connectivity index (χ2v) is 7.47. The van der Waals surface area contributed by atoms with Crippen LogP contribution in [0.25, 0.3) is 0 Å². The second-order valence-electron chi connectivity index (χ2n) is 7.47. The average Bonchev–Trinajstić information content (AvgIpc) is 2.60. The van der Waals surface area contributed by atoms with Gasteiger partial charge in [0.05, 0.1) is 17.9 Å². The van der Waals surface area contributed by atoms with Crippen LogP contribution in [-0.4, -0.2) is 34.4 Å². The van der Waals surface area contributed by atoms with Crippen LogP contribution in [0.1, 0.15) is 85.0 Å². The van der Waals surface area contributed by atoms with Crippen molar-refractivity contribution in [3.8, 4) is 0 Å². The van der Waals surface area contributed by atoms with Crippen LogP contribution in [0, 0.1) is 11.3 Å². The van der Waals surface area contributed by atoms with Crippen LogP contribution in [0.3, 0.4) is 0 Å². The van der Waals surface area contributed by atoms with Gasteiger partial charge < -0.3 is 34.8 Å². The lowest BCUT2D eigenvalue weighted by molar-refractivity contribution is -0.345. The zero-order chi connectivity index (χ0) is 22.0. The van der Waals surface area contributed by atoms with Crippen LogP contribution < -0.4 is 15.3 Å². The molecule has 0 spiro atoms. The largest absolute Gasteiger partial charge is 0.550 e. The molecule has 28 heavy (non-hydrogen) atoms. The van der Waals surface area contributed by atoms with Crippen molar-refractivity contribution in [1.82, 2.24) is 0 Å². The van der Waals surface area contributed by atoms with Gasteiger partial charge in [-0.1, -0.05) is 59.3 Å². The Kier molecular flexibility index (Phi) is 11.0. The van der Waals surface area contributed by atoms with E-state index in [0.29, 0.717) is 38.5 Å². The number of aliphatic hydroxyl groups is 1. The molecule has 2 unspecified atom stereocenters. The molecule has 0 saturated carbocycles. The van der Waals surface area contributed by atoms with Gasteiger partial charge in [0.2, 0.25) is 0 Å². The fourth-order valence-corrected chi connectivity index (χ4v) is 3.63. The summed E-state index contributed by atoms with van der Waals surface area (Å²) in [7, 11) is 0. The first kappa shape index (κ1) is 26.0. The van der Waals surface area contributed by atoms with E-state index in [1.165, 1.54) is 0 Å². The third kappa shape index (κ3) is 6.58. The van der Waals surface area contributed by atoms with Gasteiger partial charge in [-0.3, -0.25) is 4.79 Å². The summed E-state index contributed by atoms with van der Waals surface area (Å²) < 4.78 is 0. The molecule has 0 aromatic heterocycles. The van der Waals surface area contributed by atoms with Gasteiger partial charge in [-0.2, -0.15) is 0 Å². The molecule has 0 saturated heterocycles. The van der Waals surface area contributed by atoms with Crippen molar-refractivity contribution >= 4 is 23.7 Å². The van der Waals surface area contributed by atoms with E-state index in [4.69, 9.17) is 0 Å². The summed E-state index contributed by atoms with van der Waals surface area (Å²) in [6.07, 6.45) is 3.37. The highest BCUT2D eigenvalue weighted by Crippen LogP contribution is 2.42. The molecule has 1 N–H and O–H groups in total. The van der Waals surface area contributed by atoms with E-state index < -0.39 is 47.0 Å². The molecule has 0 rings (SSSR count). The molecule has 0 aliphatic rings. The quantitative estimate of drug-likeness (QED) is 0.327. The zero-order valence-corrected chi connectivity index (χ0v) is 17.0. The monoisotopic (exact) mass is 399 g/mol. The second kappa shape index (κ2) is 11.8. The van der Waals surface area contributed by atoms with Gasteiger partial charge in [-0.25, -0.2) is 0 Å². The summed E-state index contributed by atoms with van der Waals surface area (Å²) >= 11 is 0. The number of aliphatic carboxylic acids is 3. The number of Topliss-reactive ketones (excluding diaryl/α,β-unsaturated/α-hetero) is 1. The summed E-state index contributed by atoms with van der Waals surface area (Å²) in [6, 6.07) is 0. The minimum atomic E-state index is -3.44. The molecule has 2 atom stereocenters. The number of carbonyl (C=O) groups excluding carboxylic acids is 4. The number of carbonyl (C=O) groups is 4. The van der Waals surface area contributed by atoms with Crippen LogP contribution in [-0.2, 0) is 19.2 Å². The smallest absolute Gasteiger partial charge is 0.151 e. The lowest BCUT2D eigenvalue weighted by atomic mass is 9.64. The van der Waals surface area contributed by atoms with Crippen LogP contribution >= 0.6 is 0 Å². The topological polar surface area (TPSA) is 158 Å². The van der Waals surface area contributed by atoms with Gasteiger partial charge >= 0.3 is 0 Å². The van der Waals surface area contributed by atoms with Crippen LogP contribution in [0.5, 0.6) is 0 Å². The van der Waals surface area contributed by atoms with Gasteiger partial charge in [-0.05, 0) is 19.3 Å². The first-order chi connectivity index (χ1) is 13.0. The highest BCUT2D eigenvalue weighted by Gasteiger charge is 2.50. The number of rotatable bonds is 16. The number of hydrogen-bond donors (Lipinski definition) is 1. The van der Waals surface area contributed by atoms with Crippen molar-refractivity contribution in [1.29, 1.82) is 0 Å². The van der Waals surface area contributed by atoms with Gasteiger partial charge in [-0.15, -0.1) is 0 Å². The molecular weight excluding hydrogens is 368 g/mol. The molecule has 8 nitrogen and oxygen atoms in total. The SMILES string of the molecule is CCCCC(CCCC)(CCCC)C(=O)C(C(=O)[O-])C(O)(CC(=O)[O-])C(=O)[O-]. The molecule has 0 aliphatic carbocycles. The van der Waals surface area contributed by atoms with E-state index >= 15 is 0 Å². The van der Waals surface area contributed by atoms with E-state index in [0.717, 1.165) is 19.3 Å². The Morgan fingerprint density at radius 1 is 0.821 bits per heavy atom. The number of unbranched alkanes of at least 4 members (excludes halogenated alkanes) is 3.